The van der Waals surface area contributed by atoms with Gasteiger partial charge in [0.05, 0.1) is 35.1 Å². The first kappa shape index (κ1) is 18.6. The van der Waals surface area contributed by atoms with Gasteiger partial charge in [0.2, 0.25) is 5.91 Å². The molecule has 3 N–H and O–H groups in total. The van der Waals surface area contributed by atoms with E-state index in [-0.39, 0.29) is 24.8 Å². The van der Waals surface area contributed by atoms with E-state index >= 15 is 0 Å². The molecule has 0 aliphatic carbocycles. The molecule has 0 aliphatic rings. The minimum absolute atomic E-state index is 0.00599. The molecule has 9 heteroatoms. The lowest BCUT2D eigenvalue weighted by Crippen LogP contribution is -2.44. The molecule has 4 rings (SSSR count). The van der Waals surface area contributed by atoms with E-state index in [0.29, 0.717) is 5.13 Å². The molecule has 146 valence electrons. The van der Waals surface area contributed by atoms with Gasteiger partial charge < -0.3 is 5.32 Å². The number of amides is 2. The highest BCUT2D eigenvalue weighted by Crippen LogP contribution is 2.24. The summed E-state index contributed by atoms with van der Waals surface area (Å²) in [6.45, 7) is 0.00599. The second kappa shape index (κ2) is 8.53. The smallest absolute Gasteiger partial charge is 0.257 e. The van der Waals surface area contributed by atoms with Crippen LogP contribution in [0, 0.1) is 0 Å². The highest BCUT2D eigenvalue weighted by molar-refractivity contribution is 7.22. The maximum Gasteiger partial charge on any atom is 0.257 e. The van der Waals surface area contributed by atoms with E-state index < -0.39 is 0 Å². The van der Waals surface area contributed by atoms with Gasteiger partial charge in [0.15, 0.2) is 5.13 Å². The Hall–Kier alpha value is -3.72. The number of anilines is 1. The average molecular weight is 406 g/mol. The number of nitrogens with one attached hydrogen (secondary N) is 3. The fourth-order valence-electron chi connectivity index (χ4n) is 2.69. The molecule has 8 nitrogen and oxygen atoms in total. The number of aromatic nitrogens is 3. The van der Waals surface area contributed by atoms with Gasteiger partial charge in [0, 0.05) is 6.20 Å². The Balaban J connectivity index is 1.23. The summed E-state index contributed by atoms with van der Waals surface area (Å²) in [6.07, 6.45) is 3.52. The van der Waals surface area contributed by atoms with Gasteiger partial charge in [-0.15, -0.1) is 0 Å². The topological polar surface area (TPSA) is 101 Å². The predicted molar refractivity (Wildman–Crippen MR) is 112 cm³/mol. The SMILES string of the molecule is O=C(CNc1nc2ccccc2s1)NNC(=O)Cc1cnn(-c2ccccc2)c1. The molecule has 2 amide bonds. The number of benzene rings is 2. The normalized spacial score (nSPS) is 10.6. The summed E-state index contributed by atoms with van der Waals surface area (Å²) in [6, 6.07) is 17.4. The van der Waals surface area contributed by atoms with Gasteiger partial charge in [-0.3, -0.25) is 20.4 Å². The van der Waals surface area contributed by atoms with Gasteiger partial charge in [0.25, 0.3) is 5.91 Å². The molecule has 2 aromatic carbocycles. The monoisotopic (exact) mass is 406 g/mol. The van der Waals surface area contributed by atoms with Gasteiger partial charge in [-0.25, -0.2) is 9.67 Å². The molecule has 0 bridgehead atoms. The molecule has 0 saturated carbocycles. The highest BCUT2D eigenvalue weighted by Gasteiger charge is 2.09. The molecule has 0 saturated heterocycles. The standard InChI is InChI=1S/C20H18N6O2S/c27-18(10-14-11-22-26(13-14)15-6-2-1-3-7-15)24-25-19(28)12-21-20-23-16-8-4-5-9-17(16)29-20/h1-9,11,13H,10,12H2,(H,21,23)(H,24,27)(H,25,28). The third-order valence-electron chi connectivity index (χ3n) is 4.06. The summed E-state index contributed by atoms with van der Waals surface area (Å²) >= 11 is 1.47. The van der Waals surface area contributed by atoms with Gasteiger partial charge in [-0.2, -0.15) is 5.10 Å². The lowest BCUT2D eigenvalue weighted by Gasteiger charge is -2.07. The number of carbonyl (C=O) groups is 2. The third kappa shape index (κ3) is 4.77. The second-order valence-electron chi connectivity index (χ2n) is 6.24. The number of nitrogens with zero attached hydrogens (tertiary/aromatic N) is 3. The molecule has 0 atom stereocenters. The van der Waals surface area contributed by atoms with Crippen molar-refractivity contribution in [3.8, 4) is 5.69 Å². The van der Waals surface area contributed by atoms with Crippen molar-refractivity contribution in [1.29, 1.82) is 0 Å². The maximum absolute atomic E-state index is 12.1. The Labute approximate surface area is 170 Å². The van der Waals surface area contributed by atoms with E-state index in [1.54, 1.807) is 17.1 Å². The van der Waals surface area contributed by atoms with Crippen LogP contribution in [0.15, 0.2) is 67.0 Å². The summed E-state index contributed by atoms with van der Waals surface area (Å²) in [4.78, 5) is 28.4. The summed E-state index contributed by atoms with van der Waals surface area (Å²) in [5.41, 5.74) is 7.34. The van der Waals surface area contributed by atoms with Crippen LogP contribution in [-0.2, 0) is 16.0 Å². The van der Waals surface area contributed by atoms with Crippen LogP contribution in [0.4, 0.5) is 5.13 Å². The number of thiazole rings is 1. The van der Waals surface area contributed by atoms with Gasteiger partial charge in [-0.1, -0.05) is 41.7 Å². The Morgan fingerprint density at radius 3 is 2.55 bits per heavy atom. The van der Waals surface area contributed by atoms with E-state index in [1.807, 2.05) is 54.6 Å². The van der Waals surface area contributed by atoms with E-state index in [1.165, 1.54) is 11.3 Å². The molecule has 0 unspecified atom stereocenters. The van der Waals surface area contributed by atoms with Crippen molar-refractivity contribution in [1.82, 2.24) is 25.6 Å². The van der Waals surface area contributed by atoms with Crippen molar-refractivity contribution in [3.63, 3.8) is 0 Å². The molecule has 29 heavy (non-hydrogen) atoms. The second-order valence-corrected chi connectivity index (χ2v) is 7.27. The van der Waals surface area contributed by atoms with Crippen molar-refractivity contribution in [2.75, 3.05) is 11.9 Å². The Kier molecular flexibility index (Phi) is 5.48. The molecule has 2 aromatic heterocycles. The number of para-hydroxylation sites is 2. The minimum atomic E-state index is -0.363. The zero-order valence-electron chi connectivity index (χ0n) is 15.3. The lowest BCUT2D eigenvalue weighted by atomic mass is 10.2. The van der Waals surface area contributed by atoms with E-state index in [4.69, 9.17) is 0 Å². The van der Waals surface area contributed by atoms with Crippen LogP contribution < -0.4 is 16.2 Å². The quantitative estimate of drug-likeness (QED) is 0.427. The summed E-state index contributed by atoms with van der Waals surface area (Å²) < 4.78 is 2.74. The van der Waals surface area contributed by atoms with Crippen molar-refractivity contribution in [2.45, 2.75) is 6.42 Å². The van der Waals surface area contributed by atoms with Crippen LogP contribution >= 0.6 is 11.3 Å². The molecular formula is C20H18N6O2S. The lowest BCUT2D eigenvalue weighted by molar-refractivity contribution is -0.127. The molecule has 0 spiro atoms. The number of hydrogen-bond acceptors (Lipinski definition) is 6. The van der Waals surface area contributed by atoms with Crippen molar-refractivity contribution < 1.29 is 9.59 Å². The molecule has 0 aliphatic heterocycles. The van der Waals surface area contributed by atoms with Crippen molar-refractivity contribution in [2.24, 2.45) is 0 Å². The third-order valence-corrected chi connectivity index (χ3v) is 5.05. The Morgan fingerprint density at radius 1 is 0.966 bits per heavy atom. The van der Waals surface area contributed by atoms with Gasteiger partial charge in [-0.05, 0) is 29.8 Å². The summed E-state index contributed by atoms with van der Waals surface area (Å²) in [5.74, 6) is -0.691. The highest BCUT2D eigenvalue weighted by atomic mass is 32.1. The molecular weight excluding hydrogens is 388 g/mol. The van der Waals surface area contributed by atoms with E-state index in [2.05, 4.69) is 26.3 Å². The largest absolute Gasteiger partial charge is 0.352 e. The fourth-order valence-corrected chi connectivity index (χ4v) is 3.55. The predicted octanol–water partition coefficient (Wildman–Crippen LogP) is 2.28. The van der Waals surface area contributed by atoms with Crippen LogP contribution in [0.25, 0.3) is 15.9 Å². The first-order valence-corrected chi connectivity index (χ1v) is 9.75. The Bertz CT molecular complexity index is 1110. The summed E-state index contributed by atoms with van der Waals surface area (Å²) in [7, 11) is 0. The Morgan fingerprint density at radius 2 is 1.72 bits per heavy atom. The number of hydrogen-bond donors (Lipinski definition) is 3. The van der Waals surface area contributed by atoms with Crippen molar-refractivity contribution in [3.05, 3.63) is 72.6 Å². The molecule has 0 fully saturated rings. The summed E-state index contributed by atoms with van der Waals surface area (Å²) in [5, 5.41) is 7.86. The zero-order chi connectivity index (χ0) is 20.1. The molecule has 4 aromatic rings. The number of rotatable bonds is 6. The van der Waals surface area contributed by atoms with Crippen LogP contribution in [0.3, 0.4) is 0 Å². The number of hydrazine groups is 1. The number of fused-ring (bicyclic) bond motifs is 1. The van der Waals surface area contributed by atoms with E-state index in [9.17, 15) is 9.59 Å². The zero-order valence-corrected chi connectivity index (χ0v) is 16.1. The molecule has 2 heterocycles. The van der Waals surface area contributed by atoms with E-state index in [0.717, 1.165) is 21.5 Å². The fraction of sp³-hybridized carbons (Fsp3) is 0.100. The van der Waals surface area contributed by atoms with Crippen LogP contribution in [0.5, 0.6) is 0 Å². The maximum atomic E-state index is 12.1. The first-order chi connectivity index (χ1) is 14.2. The van der Waals surface area contributed by atoms with Crippen LogP contribution in [-0.4, -0.2) is 33.1 Å². The van der Waals surface area contributed by atoms with Crippen molar-refractivity contribution >= 4 is 38.5 Å². The van der Waals surface area contributed by atoms with Gasteiger partial charge >= 0.3 is 0 Å². The van der Waals surface area contributed by atoms with Crippen LogP contribution in [0.2, 0.25) is 0 Å². The van der Waals surface area contributed by atoms with Crippen LogP contribution in [0.1, 0.15) is 5.56 Å². The molecule has 0 radical (unpaired) electrons. The minimum Gasteiger partial charge on any atom is -0.352 e. The number of carbonyl (C=O) groups excluding carboxylic acids is 2. The average Bonchev–Trinajstić information content (AvgIpc) is 3.38. The van der Waals surface area contributed by atoms with Gasteiger partial charge in [0.1, 0.15) is 0 Å². The first-order valence-electron chi connectivity index (χ1n) is 8.93.